The van der Waals surface area contributed by atoms with E-state index in [0.29, 0.717) is 17.2 Å². The Morgan fingerprint density at radius 3 is 2.40 bits per heavy atom. The summed E-state index contributed by atoms with van der Waals surface area (Å²) >= 11 is 0. The highest BCUT2D eigenvalue weighted by Gasteiger charge is 2.21. The van der Waals surface area contributed by atoms with Crippen molar-refractivity contribution >= 4 is 17.6 Å². The molecule has 6 heteroatoms. The van der Waals surface area contributed by atoms with Crippen molar-refractivity contribution in [3.05, 3.63) is 54.1 Å². The smallest absolute Gasteiger partial charge is 0.341 e. The van der Waals surface area contributed by atoms with Crippen LogP contribution in [0.15, 0.2) is 48.5 Å². The summed E-state index contributed by atoms with van der Waals surface area (Å²) in [6.45, 7) is 1.44. The molecular weight excluding hydrogens is 322 g/mol. The van der Waals surface area contributed by atoms with E-state index in [4.69, 9.17) is 14.6 Å². The van der Waals surface area contributed by atoms with Crippen molar-refractivity contribution in [2.24, 2.45) is 0 Å². The first-order chi connectivity index (χ1) is 11.9. The van der Waals surface area contributed by atoms with Gasteiger partial charge < -0.3 is 19.5 Å². The Morgan fingerprint density at radius 1 is 1.12 bits per heavy atom. The Hall–Kier alpha value is -3.02. The van der Waals surface area contributed by atoms with Crippen molar-refractivity contribution in [2.75, 3.05) is 25.7 Å². The molecule has 0 spiro atoms. The lowest BCUT2D eigenvalue weighted by Gasteiger charge is -2.22. The van der Waals surface area contributed by atoms with Crippen LogP contribution < -0.4 is 14.4 Å². The summed E-state index contributed by atoms with van der Waals surface area (Å²) < 4.78 is 10.3. The third kappa shape index (κ3) is 4.73. The Kier molecular flexibility index (Phi) is 6.00. The molecule has 2 rings (SSSR count). The third-order valence-corrected chi connectivity index (χ3v) is 3.88. The second kappa shape index (κ2) is 8.19. The van der Waals surface area contributed by atoms with E-state index in [9.17, 15) is 9.59 Å². The van der Waals surface area contributed by atoms with Gasteiger partial charge in [-0.3, -0.25) is 4.79 Å². The number of nitrogens with zero attached hydrogens (tertiary/aromatic N) is 1. The normalized spacial score (nSPS) is 11.5. The highest BCUT2D eigenvalue weighted by Crippen LogP contribution is 2.25. The lowest BCUT2D eigenvalue weighted by atomic mass is 9.99. The fraction of sp³-hybridized carbons (Fsp3) is 0.263. The summed E-state index contributed by atoms with van der Waals surface area (Å²) in [5.41, 5.74) is 1.57. The van der Waals surface area contributed by atoms with Crippen molar-refractivity contribution in [3.63, 3.8) is 0 Å². The first-order valence-corrected chi connectivity index (χ1v) is 7.78. The van der Waals surface area contributed by atoms with Crippen LogP contribution in [0.1, 0.15) is 18.4 Å². The summed E-state index contributed by atoms with van der Waals surface area (Å²) in [4.78, 5) is 24.8. The van der Waals surface area contributed by atoms with E-state index < -0.39 is 12.6 Å². The molecule has 2 aromatic carbocycles. The molecule has 1 N–H and O–H groups in total. The van der Waals surface area contributed by atoms with Gasteiger partial charge in [0.2, 0.25) is 5.91 Å². The Morgan fingerprint density at radius 2 is 1.80 bits per heavy atom. The lowest BCUT2D eigenvalue weighted by Crippen LogP contribution is -2.30. The van der Waals surface area contributed by atoms with E-state index in [-0.39, 0.29) is 11.8 Å². The maximum absolute atomic E-state index is 12.7. The lowest BCUT2D eigenvalue weighted by molar-refractivity contribution is -0.139. The Balaban J connectivity index is 2.09. The number of carbonyl (C=O) groups excluding carboxylic acids is 1. The molecule has 1 unspecified atom stereocenters. The predicted octanol–water partition coefficient (Wildman–Crippen LogP) is 2.93. The second-order valence-electron chi connectivity index (χ2n) is 5.57. The van der Waals surface area contributed by atoms with Gasteiger partial charge in [-0.05, 0) is 48.9 Å². The van der Waals surface area contributed by atoms with Gasteiger partial charge in [0.25, 0.3) is 0 Å². The minimum atomic E-state index is -1.04. The molecule has 0 saturated heterocycles. The van der Waals surface area contributed by atoms with Gasteiger partial charge in [0.15, 0.2) is 6.61 Å². The molecule has 0 fully saturated rings. The first-order valence-electron chi connectivity index (χ1n) is 7.78. The molecule has 1 atom stereocenters. The van der Waals surface area contributed by atoms with Crippen LogP contribution in [0.5, 0.6) is 11.5 Å². The molecule has 25 heavy (non-hydrogen) atoms. The van der Waals surface area contributed by atoms with Gasteiger partial charge in [0, 0.05) is 12.7 Å². The van der Waals surface area contributed by atoms with Gasteiger partial charge in [0.1, 0.15) is 11.5 Å². The summed E-state index contributed by atoms with van der Waals surface area (Å²) in [6, 6.07) is 14.1. The van der Waals surface area contributed by atoms with Gasteiger partial charge >= 0.3 is 5.97 Å². The number of hydrogen-bond donors (Lipinski definition) is 1. The Labute approximate surface area is 146 Å². The van der Waals surface area contributed by atoms with E-state index in [1.807, 2.05) is 31.2 Å². The van der Waals surface area contributed by atoms with E-state index in [1.54, 1.807) is 43.3 Å². The van der Waals surface area contributed by atoms with Gasteiger partial charge in [-0.25, -0.2) is 4.79 Å². The highest BCUT2D eigenvalue weighted by molar-refractivity contribution is 5.97. The molecule has 0 bridgehead atoms. The van der Waals surface area contributed by atoms with Crippen LogP contribution in [0.3, 0.4) is 0 Å². The largest absolute Gasteiger partial charge is 0.497 e. The van der Waals surface area contributed by atoms with Crippen molar-refractivity contribution in [1.82, 2.24) is 0 Å². The molecule has 0 aliphatic carbocycles. The summed E-state index contributed by atoms with van der Waals surface area (Å²) in [5, 5.41) is 8.61. The van der Waals surface area contributed by atoms with Gasteiger partial charge in [-0.15, -0.1) is 0 Å². The van der Waals surface area contributed by atoms with E-state index in [1.165, 1.54) is 0 Å². The Bertz CT molecular complexity index is 742. The maximum Gasteiger partial charge on any atom is 0.341 e. The number of likely N-dealkylation sites (N-methyl/N-ethyl adjacent to an activating group) is 1. The average Bonchev–Trinajstić information content (AvgIpc) is 2.65. The first kappa shape index (κ1) is 18.3. The number of rotatable bonds is 7. The SMILES string of the molecule is COc1cccc(C(C)C(=O)N(C)c2ccc(OCC(=O)O)cc2)c1. The molecule has 0 heterocycles. The summed E-state index contributed by atoms with van der Waals surface area (Å²) in [6.07, 6.45) is 0. The monoisotopic (exact) mass is 343 g/mol. The summed E-state index contributed by atoms with van der Waals surface area (Å²) in [7, 11) is 3.29. The number of methoxy groups -OCH3 is 1. The summed E-state index contributed by atoms with van der Waals surface area (Å²) in [5.74, 6) is -0.286. The van der Waals surface area contributed by atoms with Crippen LogP contribution in [0.4, 0.5) is 5.69 Å². The zero-order valence-electron chi connectivity index (χ0n) is 14.4. The molecule has 132 valence electrons. The molecule has 1 amide bonds. The minimum Gasteiger partial charge on any atom is -0.497 e. The molecule has 6 nitrogen and oxygen atoms in total. The van der Waals surface area contributed by atoms with Crippen LogP contribution in [-0.4, -0.2) is 37.7 Å². The number of amides is 1. The number of aliphatic carboxylic acids is 1. The van der Waals surface area contributed by atoms with E-state index in [2.05, 4.69) is 0 Å². The zero-order valence-corrected chi connectivity index (χ0v) is 14.4. The minimum absolute atomic E-state index is 0.0625. The number of anilines is 1. The maximum atomic E-state index is 12.7. The van der Waals surface area contributed by atoms with E-state index >= 15 is 0 Å². The number of ether oxygens (including phenoxy) is 2. The quantitative estimate of drug-likeness (QED) is 0.836. The zero-order chi connectivity index (χ0) is 18.4. The topological polar surface area (TPSA) is 76.1 Å². The van der Waals surface area contributed by atoms with Gasteiger partial charge in [0.05, 0.1) is 13.0 Å². The number of carboxylic acids is 1. The second-order valence-corrected chi connectivity index (χ2v) is 5.57. The van der Waals surface area contributed by atoms with Gasteiger partial charge in [-0.2, -0.15) is 0 Å². The van der Waals surface area contributed by atoms with Crippen molar-refractivity contribution in [3.8, 4) is 11.5 Å². The third-order valence-electron chi connectivity index (χ3n) is 3.88. The molecule has 2 aromatic rings. The predicted molar refractivity (Wildman–Crippen MR) is 94.4 cm³/mol. The number of carbonyl (C=O) groups is 2. The average molecular weight is 343 g/mol. The van der Waals surface area contributed by atoms with Crippen LogP contribution in [0, 0.1) is 0 Å². The molecule has 0 aliphatic rings. The van der Waals surface area contributed by atoms with Crippen molar-refractivity contribution < 1.29 is 24.2 Å². The van der Waals surface area contributed by atoms with Crippen molar-refractivity contribution in [1.29, 1.82) is 0 Å². The number of benzene rings is 2. The van der Waals surface area contributed by atoms with Gasteiger partial charge in [-0.1, -0.05) is 12.1 Å². The fourth-order valence-corrected chi connectivity index (χ4v) is 2.38. The van der Waals surface area contributed by atoms with Crippen LogP contribution in [0.2, 0.25) is 0 Å². The van der Waals surface area contributed by atoms with E-state index in [0.717, 1.165) is 5.56 Å². The fourth-order valence-electron chi connectivity index (χ4n) is 2.38. The molecule has 0 aliphatic heterocycles. The standard InChI is InChI=1S/C19H21NO5/c1-13(14-5-4-6-17(11-14)24-3)19(23)20(2)15-7-9-16(10-8-15)25-12-18(21)22/h4-11,13H,12H2,1-3H3,(H,21,22). The van der Waals surface area contributed by atoms with Crippen LogP contribution in [0.25, 0.3) is 0 Å². The molecule has 0 aromatic heterocycles. The number of carboxylic acid groups (broad SMARTS) is 1. The molecule has 0 radical (unpaired) electrons. The molecule has 0 saturated carbocycles. The van der Waals surface area contributed by atoms with Crippen molar-refractivity contribution in [2.45, 2.75) is 12.8 Å². The molecular formula is C19H21NO5. The highest BCUT2D eigenvalue weighted by atomic mass is 16.5. The van der Waals surface area contributed by atoms with Crippen LogP contribution >= 0.6 is 0 Å². The van der Waals surface area contributed by atoms with Crippen LogP contribution in [-0.2, 0) is 9.59 Å². The number of hydrogen-bond acceptors (Lipinski definition) is 4.